The molecule has 1 aromatic heterocycles. The van der Waals surface area contributed by atoms with E-state index in [1.165, 1.54) is 4.70 Å². The molecule has 0 bridgehead atoms. The van der Waals surface area contributed by atoms with Gasteiger partial charge in [-0.2, -0.15) is 0 Å². The third-order valence-electron chi connectivity index (χ3n) is 2.92. The predicted octanol–water partition coefficient (Wildman–Crippen LogP) is 3.05. The van der Waals surface area contributed by atoms with E-state index in [4.69, 9.17) is 0 Å². The van der Waals surface area contributed by atoms with Crippen molar-refractivity contribution in [2.24, 2.45) is 0 Å². The number of para-hydroxylation sites is 1. The summed E-state index contributed by atoms with van der Waals surface area (Å²) in [4.78, 5) is 6.86. The van der Waals surface area contributed by atoms with E-state index in [0.717, 1.165) is 23.7 Å². The molecule has 1 N–H and O–H groups in total. The number of aromatic nitrogens is 1. The number of thiazole rings is 1. The number of fused-ring (bicyclic) bond motifs is 1. The van der Waals surface area contributed by atoms with Gasteiger partial charge in [0, 0.05) is 19.1 Å². The first-order valence-electron chi connectivity index (χ1n) is 5.96. The Morgan fingerprint density at radius 1 is 1.35 bits per heavy atom. The van der Waals surface area contributed by atoms with E-state index in [1.807, 2.05) is 6.07 Å². The molecule has 1 heterocycles. The first-order valence-corrected chi connectivity index (χ1v) is 6.78. The van der Waals surface area contributed by atoms with Gasteiger partial charge in [-0.05, 0) is 33.0 Å². The monoisotopic (exact) mass is 249 g/mol. The molecule has 3 nitrogen and oxygen atoms in total. The Morgan fingerprint density at radius 2 is 2.12 bits per heavy atom. The lowest BCUT2D eigenvalue weighted by Crippen LogP contribution is -2.31. The third-order valence-corrected chi connectivity index (χ3v) is 3.91. The van der Waals surface area contributed by atoms with Gasteiger partial charge in [-0.3, -0.25) is 0 Å². The molecule has 0 amide bonds. The average molecular weight is 249 g/mol. The third kappa shape index (κ3) is 3.17. The van der Waals surface area contributed by atoms with Crippen molar-refractivity contribution in [1.82, 2.24) is 9.88 Å². The Bertz CT molecular complexity index is 445. The van der Waals surface area contributed by atoms with Gasteiger partial charge in [-0.1, -0.05) is 23.5 Å². The number of rotatable bonds is 5. The molecule has 0 radical (unpaired) electrons. The fourth-order valence-electron chi connectivity index (χ4n) is 1.55. The Labute approximate surface area is 106 Å². The van der Waals surface area contributed by atoms with Crippen LogP contribution < -0.4 is 5.32 Å². The van der Waals surface area contributed by atoms with Gasteiger partial charge in [0.25, 0.3) is 0 Å². The molecule has 2 rings (SSSR count). The molecule has 1 aromatic carbocycles. The summed E-state index contributed by atoms with van der Waals surface area (Å²) < 4.78 is 1.24. The molecular weight excluding hydrogens is 230 g/mol. The van der Waals surface area contributed by atoms with Gasteiger partial charge in [-0.25, -0.2) is 4.98 Å². The van der Waals surface area contributed by atoms with Crippen LogP contribution in [0.25, 0.3) is 10.2 Å². The SMILES string of the molecule is CC(C)N(C)CCNc1nc2ccccc2s1. The minimum atomic E-state index is 0.590. The summed E-state index contributed by atoms with van der Waals surface area (Å²) in [7, 11) is 2.14. The number of hydrogen-bond donors (Lipinski definition) is 1. The minimum Gasteiger partial charge on any atom is -0.360 e. The van der Waals surface area contributed by atoms with Gasteiger partial charge >= 0.3 is 0 Å². The highest BCUT2D eigenvalue weighted by molar-refractivity contribution is 7.22. The number of likely N-dealkylation sites (N-methyl/N-ethyl adjacent to an activating group) is 1. The summed E-state index contributed by atoms with van der Waals surface area (Å²) in [5, 5.41) is 4.40. The summed E-state index contributed by atoms with van der Waals surface area (Å²) in [6, 6.07) is 8.83. The molecule has 0 aliphatic heterocycles. The molecule has 4 heteroatoms. The van der Waals surface area contributed by atoms with E-state index in [2.05, 4.69) is 54.3 Å². The van der Waals surface area contributed by atoms with E-state index in [9.17, 15) is 0 Å². The van der Waals surface area contributed by atoms with Crippen molar-refractivity contribution in [2.75, 3.05) is 25.5 Å². The fourth-order valence-corrected chi connectivity index (χ4v) is 2.44. The molecule has 92 valence electrons. The van der Waals surface area contributed by atoms with E-state index < -0.39 is 0 Å². The first-order chi connectivity index (χ1) is 8.16. The van der Waals surface area contributed by atoms with Gasteiger partial charge in [0.15, 0.2) is 5.13 Å². The van der Waals surface area contributed by atoms with Gasteiger partial charge in [0.05, 0.1) is 10.2 Å². The van der Waals surface area contributed by atoms with E-state index in [1.54, 1.807) is 11.3 Å². The molecule has 0 spiro atoms. The highest BCUT2D eigenvalue weighted by Crippen LogP contribution is 2.24. The van der Waals surface area contributed by atoms with Crippen molar-refractivity contribution < 1.29 is 0 Å². The molecule has 0 aliphatic carbocycles. The van der Waals surface area contributed by atoms with Crippen molar-refractivity contribution in [1.29, 1.82) is 0 Å². The molecule has 0 saturated heterocycles. The summed E-state index contributed by atoms with van der Waals surface area (Å²) in [6.45, 7) is 6.39. The van der Waals surface area contributed by atoms with E-state index in [0.29, 0.717) is 6.04 Å². The zero-order valence-corrected chi connectivity index (χ0v) is 11.4. The molecule has 0 unspecified atom stereocenters. The van der Waals surface area contributed by atoms with Crippen LogP contribution in [-0.4, -0.2) is 36.1 Å². The van der Waals surface area contributed by atoms with E-state index >= 15 is 0 Å². The van der Waals surface area contributed by atoms with Crippen LogP contribution in [0.15, 0.2) is 24.3 Å². The maximum absolute atomic E-state index is 4.54. The largest absolute Gasteiger partial charge is 0.360 e. The Hall–Kier alpha value is -1.13. The maximum Gasteiger partial charge on any atom is 0.183 e. The van der Waals surface area contributed by atoms with E-state index in [-0.39, 0.29) is 0 Å². The zero-order chi connectivity index (χ0) is 12.3. The molecule has 2 aromatic rings. The molecular formula is C13H19N3S. The number of nitrogens with one attached hydrogen (secondary N) is 1. The van der Waals surface area contributed by atoms with Crippen molar-refractivity contribution in [3.8, 4) is 0 Å². The lowest BCUT2D eigenvalue weighted by Gasteiger charge is -2.20. The van der Waals surface area contributed by atoms with Crippen LogP contribution in [0.4, 0.5) is 5.13 Å². The second kappa shape index (κ2) is 5.47. The molecule has 0 fully saturated rings. The Balaban J connectivity index is 1.91. The van der Waals surface area contributed by atoms with Crippen LogP contribution in [0.5, 0.6) is 0 Å². The lowest BCUT2D eigenvalue weighted by molar-refractivity contribution is 0.284. The zero-order valence-electron chi connectivity index (χ0n) is 10.6. The standard InChI is InChI=1S/C13H19N3S/c1-10(2)16(3)9-8-14-13-15-11-6-4-5-7-12(11)17-13/h4-7,10H,8-9H2,1-3H3,(H,14,15). The molecule has 0 aliphatic rings. The molecule has 17 heavy (non-hydrogen) atoms. The van der Waals surface area contributed by atoms with Crippen LogP contribution in [0.1, 0.15) is 13.8 Å². The highest BCUT2D eigenvalue weighted by atomic mass is 32.1. The Kier molecular flexibility index (Phi) is 3.97. The second-order valence-electron chi connectivity index (χ2n) is 4.49. The van der Waals surface area contributed by atoms with Crippen LogP contribution >= 0.6 is 11.3 Å². The average Bonchev–Trinajstić information content (AvgIpc) is 2.71. The Morgan fingerprint density at radius 3 is 2.82 bits per heavy atom. The van der Waals surface area contributed by atoms with Crippen molar-refractivity contribution in [2.45, 2.75) is 19.9 Å². The van der Waals surface area contributed by atoms with Crippen molar-refractivity contribution in [3.63, 3.8) is 0 Å². The summed E-state index contributed by atoms with van der Waals surface area (Å²) in [5.74, 6) is 0. The summed E-state index contributed by atoms with van der Waals surface area (Å²) in [6.07, 6.45) is 0. The fraction of sp³-hybridized carbons (Fsp3) is 0.462. The van der Waals surface area contributed by atoms with Crippen LogP contribution in [0.2, 0.25) is 0 Å². The van der Waals surface area contributed by atoms with Gasteiger partial charge < -0.3 is 10.2 Å². The number of hydrogen-bond acceptors (Lipinski definition) is 4. The number of anilines is 1. The first kappa shape index (κ1) is 12.3. The van der Waals surface area contributed by atoms with Crippen LogP contribution in [-0.2, 0) is 0 Å². The number of nitrogens with zero attached hydrogens (tertiary/aromatic N) is 2. The quantitative estimate of drug-likeness (QED) is 0.882. The van der Waals surface area contributed by atoms with Gasteiger partial charge in [-0.15, -0.1) is 0 Å². The van der Waals surface area contributed by atoms with Gasteiger partial charge in [0.2, 0.25) is 0 Å². The molecule has 0 saturated carbocycles. The lowest BCUT2D eigenvalue weighted by atomic mass is 10.3. The summed E-state index contributed by atoms with van der Waals surface area (Å²) >= 11 is 1.72. The normalized spacial score (nSPS) is 11.6. The smallest absolute Gasteiger partial charge is 0.183 e. The predicted molar refractivity (Wildman–Crippen MR) is 75.9 cm³/mol. The maximum atomic E-state index is 4.54. The van der Waals surface area contributed by atoms with Gasteiger partial charge in [0.1, 0.15) is 0 Å². The minimum absolute atomic E-state index is 0.590. The highest BCUT2D eigenvalue weighted by Gasteiger charge is 2.04. The van der Waals surface area contributed by atoms with Crippen molar-refractivity contribution in [3.05, 3.63) is 24.3 Å². The summed E-state index contributed by atoms with van der Waals surface area (Å²) in [5.41, 5.74) is 1.08. The van der Waals surface area contributed by atoms with Crippen LogP contribution in [0.3, 0.4) is 0 Å². The molecule has 0 atom stereocenters. The number of benzene rings is 1. The topological polar surface area (TPSA) is 28.2 Å². The second-order valence-corrected chi connectivity index (χ2v) is 5.52. The van der Waals surface area contributed by atoms with Crippen LogP contribution in [0, 0.1) is 0 Å². The van der Waals surface area contributed by atoms with Crippen molar-refractivity contribution >= 4 is 26.7 Å².